The molecule has 106 valence electrons. The van der Waals surface area contributed by atoms with Crippen molar-refractivity contribution in [2.75, 3.05) is 11.9 Å². The second kappa shape index (κ2) is 7.82. The van der Waals surface area contributed by atoms with E-state index in [-0.39, 0.29) is 5.41 Å². The van der Waals surface area contributed by atoms with Crippen LogP contribution in [0.5, 0.6) is 0 Å². The number of hydrogen-bond acceptors (Lipinski definition) is 1. The van der Waals surface area contributed by atoms with Gasteiger partial charge in [0.1, 0.15) is 0 Å². The summed E-state index contributed by atoms with van der Waals surface area (Å²) < 4.78 is 0. The minimum absolute atomic E-state index is 0.220. The van der Waals surface area contributed by atoms with Crippen molar-refractivity contribution in [2.45, 2.75) is 46.5 Å². The van der Waals surface area contributed by atoms with Crippen molar-refractivity contribution in [3.8, 4) is 0 Å². The Morgan fingerprint density at radius 1 is 1.21 bits per heavy atom. The van der Waals surface area contributed by atoms with Gasteiger partial charge < -0.3 is 11.1 Å². The van der Waals surface area contributed by atoms with E-state index in [1.807, 2.05) is 30.3 Å². The van der Waals surface area contributed by atoms with E-state index in [2.05, 4.69) is 31.1 Å². The van der Waals surface area contributed by atoms with Crippen molar-refractivity contribution in [1.29, 1.82) is 0 Å². The molecule has 0 amide bonds. The van der Waals surface area contributed by atoms with Crippen LogP contribution in [0.25, 0.3) is 0 Å². The van der Waals surface area contributed by atoms with Crippen LogP contribution in [0.1, 0.15) is 46.5 Å². The second-order valence-electron chi connectivity index (χ2n) is 5.81. The van der Waals surface area contributed by atoms with Crippen molar-refractivity contribution in [2.24, 2.45) is 16.1 Å². The maximum atomic E-state index is 5.91. The van der Waals surface area contributed by atoms with E-state index in [0.29, 0.717) is 5.96 Å². The fourth-order valence-electron chi connectivity index (χ4n) is 1.94. The molecule has 0 unspecified atom stereocenters. The maximum Gasteiger partial charge on any atom is 0.193 e. The molecule has 1 aromatic rings. The Bertz CT molecular complexity index is 382. The van der Waals surface area contributed by atoms with E-state index < -0.39 is 0 Å². The topological polar surface area (TPSA) is 50.4 Å². The summed E-state index contributed by atoms with van der Waals surface area (Å²) in [6.45, 7) is 7.50. The van der Waals surface area contributed by atoms with Crippen molar-refractivity contribution < 1.29 is 0 Å². The van der Waals surface area contributed by atoms with E-state index in [1.165, 1.54) is 25.7 Å². The van der Waals surface area contributed by atoms with Gasteiger partial charge in [0.15, 0.2) is 5.96 Å². The largest absolute Gasteiger partial charge is 0.370 e. The van der Waals surface area contributed by atoms with Crippen molar-refractivity contribution in [1.82, 2.24) is 0 Å². The summed E-state index contributed by atoms with van der Waals surface area (Å²) in [5.74, 6) is 0.495. The van der Waals surface area contributed by atoms with Gasteiger partial charge in [-0.25, -0.2) is 0 Å². The number of unbranched alkanes of at least 4 members (excludes halogenated alkanes) is 2. The van der Waals surface area contributed by atoms with E-state index in [9.17, 15) is 0 Å². The van der Waals surface area contributed by atoms with Crippen molar-refractivity contribution in [3.05, 3.63) is 30.3 Å². The van der Waals surface area contributed by atoms with E-state index in [4.69, 9.17) is 5.73 Å². The first-order valence-corrected chi connectivity index (χ1v) is 7.15. The van der Waals surface area contributed by atoms with Crippen LogP contribution < -0.4 is 11.1 Å². The quantitative estimate of drug-likeness (QED) is 0.442. The minimum Gasteiger partial charge on any atom is -0.370 e. The maximum absolute atomic E-state index is 5.91. The summed E-state index contributed by atoms with van der Waals surface area (Å²) in [5, 5.41) is 3.11. The van der Waals surface area contributed by atoms with Gasteiger partial charge in [0.25, 0.3) is 0 Å². The lowest BCUT2D eigenvalue weighted by molar-refractivity contribution is 0.333. The van der Waals surface area contributed by atoms with Crippen LogP contribution in [0.3, 0.4) is 0 Å². The number of nitrogens with one attached hydrogen (secondary N) is 1. The fourth-order valence-corrected chi connectivity index (χ4v) is 1.94. The van der Waals surface area contributed by atoms with Crippen LogP contribution in [-0.2, 0) is 0 Å². The third kappa shape index (κ3) is 6.85. The molecule has 3 nitrogen and oxygen atoms in total. The predicted molar refractivity (Wildman–Crippen MR) is 84.5 cm³/mol. The lowest BCUT2D eigenvalue weighted by atomic mass is 9.87. The van der Waals surface area contributed by atoms with Gasteiger partial charge in [-0.2, -0.15) is 0 Å². The Morgan fingerprint density at radius 2 is 1.89 bits per heavy atom. The molecule has 0 saturated carbocycles. The molecule has 0 spiro atoms. The number of anilines is 1. The average Bonchev–Trinajstić information content (AvgIpc) is 2.38. The molecule has 1 aromatic carbocycles. The van der Waals surface area contributed by atoms with E-state index in [1.54, 1.807) is 0 Å². The second-order valence-corrected chi connectivity index (χ2v) is 5.81. The van der Waals surface area contributed by atoms with Crippen LogP contribution >= 0.6 is 0 Å². The Morgan fingerprint density at radius 3 is 2.53 bits per heavy atom. The highest BCUT2D eigenvalue weighted by Gasteiger charge is 2.16. The van der Waals surface area contributed by atoms with Crippen LogP contribution in [0.15, 0.2) is 35.3 Å². The molecule has 0 saturated heterocycles. The normalized spacial score (nSPS) is 12.5. The molecule has 0 bridgehead atoms. The first kappa shape index (κ1) is 15.5. The highest BCUT2D eigenvalue weighted by atomic mass is 15.1. The third-order valence-corrected chi connectivity index (χ3v) is 3.18. The number of guanidine groups is 1. The van der Waals surface area contributed by atoms with Gasteiger partial charge in [-0.1, -0.05) is 58.2 Å². The number of para-hydroxylation sites is 1. The molecule has 0 heterocycles. The zero-order valence-electron chi connectivity index (χ0n) is 12.4. The Hall–Kier alpha value is -1.51. The Balaban J connectivity index is 2.42. The molecule has 1 rings (SSSR count). The van der Waals surface area contributed by atoms with Gasteiger partial charge in [-0.05, 0) is 24.0 Å². The number of nitrogens with zero attached hydrogens (tertiary/aromatic N) is 1. The van der Waals surface area contributed by atoms with Crippen LogP contribution in [0.4, 0.5) is 5.69 Å². The Labute approximate surface area is 117 Å². The van der Waals surface area contributed by atoms with Crippen molar-refractivity contribution >= 4 is 11.6 Å². The molecular formula is C16H27N3. The summed E-state index contributed by atoms with van der Waals surface area (Å²) in [6.07, 6.45) is 5.02. The molecule has 0 atom stereocenters. The number of aliphatic imine (C=N–C) groups is 1. The molecule has 3 N–H and O–H groups in total. The third-order valence-electron chi connectivity index (χ3n) is 3.18. The molecule has 0 aliphatic rings. The molecule has 0 aliphatic heterocycles. The lowest BCUT2D eigenvalue weighted by Gasteiger charge is -2.22. The highest BCUT2D eigenvalue weighted by molar-refractivity contribution is 5.92. The first-order valence-electron chi connectivity index (χ1n) is 7.15. The predicted octanol–water partition coefficient (Wildman–Crippen LogP) is 4.02. The SMILES string of the molecule is CCCCCC(C)(C)CN=C(N)Nc1ccccc1. The van der Waals surface area contributed by atoms with Gasteiger partial charge in [-0.15, -0.1) is 0 Å². The van der Waals surface area contributed by atoms with Crippen molar-refractivity contribution in [3.63, 3.8) is 0 Å². The Kier molecular flexibility index (Phi) is 6.40. The monoisotopic (exact) mass is 261 g/mol. The zero-order valence-corrected chi connectivity index (χ0v) is 12.4. The van der Waals surface area contributed by atoms with E-state index in [0.717, 1.165) is 12.2 Å². The van der Waals surface area contributed by atoms with Crippen LogP contribution in [0, 0.1) is 5.41 Å². The molecule has 0 aromatic heterocycles. The molecule has 0 aliphatic carbocycles. The molecular weight excluding hydrogens is 234 g/mol. The summed E-state index contributed by atoms with van der Waals surface area (Å²) in [4.78, 5) is 4.45. The smallest absolute Gasteiger partial charge is 0.193 e. The van der Waals surface area contributed by atoms with Crippen LogP contribution in [0.2, 0.25) is 0 Å². The number of hydrogen-bond donors (Lipinski definition) is 2. The van der Waals surface area contributed by atoms with Crippen LogP contribution in [-0.4, -0.2) is 12.5 Å². The molecule has 19 heavy (non-hydrogen) atoms. The molecule has 0 fully saturated rings. The number of benzene rings is 1. The van der Waals surface area contributed by atoms with Gasteiger partial charge in [0.2, 0.25) is 0 Å². The van der Waals surface area contributed by atoms with Gasteiger partial charge in [-0.3, -0.25) is 4.99 Å². The number of rotatable bonds is 7. The van der Waals surface area contributed by atoms with Gasteiger partial charge >= 0.3 is 0 Å². The first-order chi connectivity index (χ1) is 9.03. The molecule has 0 radical (unpaired) electrons. The van der Waals surface area contributed by atoms with E-state index >= 15 is 0 Å². The van der Waals surface area contributed by atoms with Gasteiger partial charge in [0, 0.05) is 12.2 Å². The van der Waals surface area contributed by atoms with Gasteiger partial charge in [0.05, 0.1) is 0 Å². The fraction of sp³-hybridized carbons (Fsp3) is 0.562. The molecule has 3 heteroatoms. The zero-order chi connectivity index (χ0) is 14.1. The summed E-state index contributed by atoms with van der Waals surface area (Å²) in [6, 6.07) is 9.90. The lowest BCUT2D eigenvalue weighted by Crippen LogP contribution is -2.25. The minimum atomic E-state index is 0.220. The summed E-state index contributed by atoms with van der Waals surface area (Å²) in [5.41, 5.74) is 7.11. The summed E-state index contributed by atoms with van der Waals surface area (Å²) in [7, 11) is 0. The average molecular weight is 261 g/mol. The summed E-state index contributed by atoms with van der Waals surface area (Å²) >= 11 is 0. The highest BCUT2D eigenvalue weighted by Crippen LogP contribution is 2.24. The standard InChI is InChI=1S/C16H27N3/c1-4-5-9-12-16(2,3)13-18-15(17)19-14-10-7-6-8-11-14/h6-8,10-11H,4-5,9,12-13H2,1-3H3,(H3,17,18,19). The number of nitrogens with two attached hydrogens (primary N) is 1.